The van der Waals surface area contributed by atoms with Crippen molar-refractivity contribution in [2.45, 2.75) is 19.9 Å². The molecule has 0 aliphatic carbocycles. The fourth-order valence-corrected chi connectivity index (χ4v) is 2.28. The predicted octanol–water partition coefficient (Wildman–Crippen LogP) is 2.45. The zero-order chi connectivity index (χ0) is 17.2. The summed E-state index contributed by atoms with van der Waals surface area (Å²) in [5.74, 6) is 0.827. The second kappa shape index (κ2) is 9.55. The maximum absolute atomic E-state index is 4.58. The number of nitrogens with zero attached hydrogens (tertiary/aromatic N) is 3. The lowest BCUT2D eigenvalue weighted by Gasteiger charge is -2.13. The summed E-state index contributed by atoms with van der Waals surface area (Å²) < 4.78 is 0. The molecule has 0 spiro atoms. The van der Waals surface area contributed by atoms with Crippen LogP contribution in [0.1, 0.15) is 18.2 Å². The second-order valence-electron chi connectivity index (χ2n) is 5.75. The number of rotatable bonds is 7. The topological polar surface area (TPSA) is 52.6 Å². The summed E-state index contributed by atoms with van der Waals surface area (Å²) in [6.07, 6.45) is 2.75. The number of pyridine rings is 1. The van der Waals surface area contributed by atoms with Gasteiger partial charge in [0, 0.05) is 39.1 Å². The molecule has 1 aromatic carbocycles. The van der Waals surface area contributed by atoms with Crippen LogP contribution in [0.3, 0.4) is 0 Å². The monoisotopic (exact) mass is 325 g/mol. The van der Waals surface area contributed by atoms with Crippen molar-refractivity contribution in [3.8, 4) is 0 Å². The van der Waals surface area contributed by atoms with E-state index in [-0.39, 0.29) is 0 Å². The Morgan fingerprint density at radius 2 is 1.88 bits per heavy atom. The number of hydrogen-bond donors (Lipinski definition) is 2. The molecule has 1 heterocycles. The molecule has 24 heavy (non-hydrogen) atoms. The molecule has 0 aliphatic rings. The van der Waals surface area contributed by atoms with E-state index in [9.17, 15) is 0 Å². The first kappa shape index (κ1) is 17.8. The Bertz CT molecular complexity index is 620. The Morgan fingerprint density at radius 3 is 2.50 bits per heavy atom. The van der Waals surface area contributed by atoms with E-state index >= 15 is 0 Å². The summed E-state index contributed by atoms with van der Waals surface area (Å²) in [5, 5.41) is 6.65. The standard InChI is InChI=1S/C19H27N5/c1-4-20-19(23-15-17-7-5-6-13-21-17)22-14-12-16-8-10-18(11-9-16)24(2)3/h5-11,13H,4,12,14-15H2,1-3H3,(H2,20,22,23). The minimum atomic E-state index is 0.577. The van der Waals surface area contributed by atoms with Gasteiger partial charge in [0.2, 0.25) is 0 Å². The molecule has 2 N–H and O–H groups in total. The van der Waals surface area contributed by atoms with E-state index in [1.165, 1.54) is 11.3 Å². The second-order valence-corrected chi connectivity index (χ2v) is 5.75. The van der Waals surface area contributed by atoms with Crippen molar-refractivity contribution < 1.29 is 0 Å². The summed E-state index contributed by atoms with van der Waals surface area (Å²) in [6, 6.07) is 14.5. The molecule has 0 aliphatic heterocycles. The quantitative estimate of drug-likeness (QED) is 0.606. The minimum Gasteiger partial charge on any atom is -0.378 e. The third kappa shape index (κ3) is 5.91. The number of hydrogen-bond acceptors (Lipinski definition) is 3. The zero-order valence-corrected chi connectivity index (χ0v) is 14.8. The largest absolute Gasteiger partial charge is 0.378 e. The van der Waals surface area contributed by atoms with Gasteiger partial charge < -0.3 is 15.5 Å². The first-order valence-electron chi connectivity index (χ1n) is 8.37. The Morgan fingerprint density at radius 1 is 1.08 bits per heavy atom. The van der Waals surface area contributed by atoms with Crippen molar-refractivity contribution in [3.63, 3.8) is 0 Å². The molecule has 5 nitrogen and oxygen atoms in total. The normalized spacial score (nSPS) is 11.2. The van der Waals surface area contributed by atoms with Crippen molar-refractivity contribution in [2.75, 3.05) is 32.1 Å². The Labute approximate surface area is 144 Å². The molecule has 0 unspecified atom stereocenters. The number of aliphatic imine (C=N–C) groups is 1. The molecule has 0 saturated carbocycles. The highest BCUT2D eigenvalue weighted by Gasteiger charge is 2.00. The van der Waals surface area contributed by atoms with Gasteiger partial charge in [-0.15, -0.1) is 0 Å². The summed E-state index contributed by atoms with van der Waals surface area (Å²) in [7, 11) is 4.11. The maximum Gasteiger partial charge on any atom is 0.191 e. The van der Waals surface area contributed by atoms with Crippen LogP contribution in [0.4, 0.5) is 5.69 Å². The van der Waals surface area contributed by atoms with Crippen molar-refractivity contribution in [1.29, 1.82) is 0 Å². The van der Waals surface area contributed by atoms with Crippen molar-refractivity contribution in [3.05, 3.63) is 59.9 Å². The lowest BCUT2D eigenvalue weighted by Crippen LogP contribution is -2.38. The summed E-state index contributed by atoms with van der Waals surface area (Å²) in [5.41, 5.74) is 3.50. The Balaban J connectivity index is 1.84. The molecule has 0 radical (unpaired) electrons. The van der Waals surface area contributed by atoms with Gasteiger partial charge in [-0.2, -0.15) is 0 Å². The number of aromatic nitrogens is 1. The molecule has 2 aromatic rings. The van der Waals surface area contributed by atoms with E-state index in [4.69, 9.17) is 0 Å². The SMILES string of the molecule is CCNC(=NCc1ccccn1)NCCc1ccc(N(C)C)cc1. The van der Waals surface area contributed by atoms with Crippen LogP contribution < -0.4 is 15.5 Å². The zero-order valence-electron chi connectivity index (χ0n) is 14.8. The van der Waals surface area contributed by atoms with Crippen molar-refractivity contribution >= 4 is 11.6 Å². The molecule has 0 bridgehead atoms. The van der Waals surface area contributed by atoms with E-state index in [1.54, 1.807) is 6.20 Å². The number of anilines is 1. The molecule has 0 atom stereocenters. The van der Waals surface area contributed by atoms with Gasteiger partial charge in [0.1, 0.15) is 0 Å². The highest BCUT2D eigenvalue weighted by Crippen LogP contribution is 2.12. The van der Waals surface area contributed by atoms with Gasteiger partial charge in [0.05, 0.1) is 12.2 Å². The predicted molar refractivity (Wildman–Crippen MR) is 102 cm³/mol. The van der Waals surface area contributed by atoms with E-state index in [2.05, 4.69) is 70.8 Å². The van der Waals surface area contributed by atoms with Crippen molar-refractivity contribution in [2.24, 2.45) is 4.99 Å². The van der Waals surface area contributed by atoms with Gasteiger partial charge in [-0.25, -0.2) is 4.99 Å². The molecule has 1 aromatic heterocycles. The minimum absolute atomic E-state index is 0.577. The van der Waals surface area contributed by atoms with E-state index < -0.39 is 0 Å². The lowest BCUT2D eigenvalue weighted by molar-refractivity contribution is 0.796. The maximum atomic E-state index is 4.58. The van der Waals surface area contributed by atoms with Gasteiger partial charge in [0.15, 0.2) is 5.96 Å². The summed E-state index contributed by atoms with van der Waals surface area (Å²) in [4.78, 5) is 11.0. The van der Waals surface area contributed by atoms with Crippen LogP contribution in [0, 0.1) is 0 Å². The van der Waals surface area contributed by atoms with Gasteiger partial charge in [-0.1, -0.05) is 18.2 Å². The van der Waals surface area contributed by atoms with Crippen molar-refractivity contribution in [1.82, 2.24) is 15.6 Å². The van der Waals surface area contributed by atoms with E-state index in [0.29, 0.717) is 6.54 Å². The first-order valence-corrected chi connectivity index (χ1v) is 8.37. The average Bonchev–Trinajstić information content (AvgIpc) is 2.61. The fourth-order valence-electron chi connectivity index (χ4n) is 2.28. The van der Waals surface area contributed by atoms with Gasteiger partial charge >= 0.3 is 0 Å². The highest BCUT2D eigenvalue weighted by molar-refractivity contribution is 5.79. The van der Waals surface area contributed by atoms with Gasteiger partial charge in [-0.05, 0) is 43.2 Å². The molecule has 128 valence electrons. The molecular weight excluding hydrogens is 298 g/mol. The molecule has 2 rings (SSSR count). The Kier molecular flexibility index (Phi) is 7.08. The molecular formula is C19H27N5. The molecule has 0 saturated heterocycles. The number of nitrogens with one attached hydrogen (secondary N) is 2. The molecule has 0 fully saturated rings. The van der Waals surface area contributed by atoms with E-state index in [0.717, 1.165) is 31.2 Å². The van der Waals surface area contributed by atoms with Crippen LogP contribution in [0.15, 0.2) is 53.7 Å². The summed E-state index contributed by atoms with van der Waals surface area (Å²) >= 11 is 0. The lowest BCUT2D eigenvalue weighted by atomic mass is 10.1. The highest BCUT2D eigenvalue weighted by atomic mass is 15.2. The van der Waals surface area contributed by atoms with Crippen LogP contribution in [0.2, 0.25) is 0 Å². The first-order chi connectivity index (χ1) is 11.7. The van der Waals surface area contributed by atoms with Crippen LogP contribution in [0.25, 0.3) is 0 Å². The van der Waals surface area contributed by atoms with Crippen LogP contribution in [-0.2, 0) is 13.0 Å². The number of benzene rings is 1. The van der Waals surface area contributed by atoms with Crippen LogP contribution in [0.5, 0.6) is 0 Å². The third-order valence-corrected chi connectivity index (χ3v) is 3.63. The van der Waals surface area contributed by atoms with Gasteiger partial charge in [0.25, 0.3) is 0 Å². The fraction of sp³-hybridized carbons (Fsp3) is 0.368. The molecule has 0 amide bonds. The Hall–Kier alpha value is -2.56. The number of guanidine groups is 1. The average molecular weight is 325 g/mol. The van der Waals surface area contributed by atoms with Crippen LogP contribution in [-0.4, -0.2) is 38.1 Å². The molecule has 5 heteroatoms. The van der Waals surface area contributed by atoms with E-state index in [1.807, 2.05) is 18.2 Å². The van der Waals surface area contributed by atoms with Gasteiger partial charge in [-0.3, -0.25) is 4.98 Å². The van der Waals surface area contributed by atoms with Crippen LogP contribution >= 0.6 is 0 Å². The summed E-state index contributed by atoms with van der Waals surface area (Å²) in [6.45, 7) is 4.33. The third-order valence-electron chi connectivity index (χ3n) is 3.63. The smallest absolute Gasteiger partial charge is 0.191 e.